The highest BCUT2D eigenvalue weighted by Gasteiger charge is 2.30. The van der Waals surface area contributed by atoms with Crippen LogP contribution in [0.3, 0.4) is 0 Å². The number of hydrogen-bond donors (Lipinski definition) is 1. The Labute approximate surface area is 126 Å². The minimum Gasteiger partial charge on any atom is -0.494 e. The highest BCUT2D eigenvalue weighted by atomic mass is 79.9. The Morgan fingerprint density at radius 2 is 1.95 bits per heavy atom. The molecular formula is C16H26BrNO. The maximum atomic E-state index is 5.80. The average Bonchev–Trinajstić information content (AvgIpc) is 2.38. The van der Waals surface area contributed by atoms with Gasteiger partial charge in [0.2, 0.25) is 0 Å². The number of ether oxygens (including phenoxy) is 1. The van der Waals surface area contributed by atoms with Crippen LogP contribution in [0.15, 0.2) is 22.7 Å². The zero-order chi connectivity index (χ0) is 14.5. The van der Waals surface area contributed by atoms with Gasteiger partial charge in [-0.1, -0.05) is 43.6 Å². The van der Waals surface area contributed by atoms with Crippen LogP contribution in [0.1, 0.15) is 52.6 Å². The van der Waals surface area contributed by atoms with Crippen LogP contribution in [0.25, 0.3) is 0 Å². The molecule has 1 aromatic carbocycles. The van der Waals surface area contributed by atoms with Gasteiger partial charge in [0, 0.05) is 16.1 Å². The van der Waals surface area contributed by atoms with Crippen molar-refractivity contribution in [1.29, 1.82) is 0 Å². The minimum atomic E-state index is 0.183. The van der Waals surface area contributed by atoms with E-state index in [-0.39, 0.29) is 5.41 Å². The maximum Gasteiger partial charge on any atom is 0.124 e. The number of rotatable bonds is 7. The molecule has 1 rings (SSSR count). The van der Waals surface area contributed by atoms with Gasteiger partial charge in [0.15, 0.2) is 0 Å². The Balaban J connectivity index is 3.24. The van der Waals surface area contributed by atoms with Gasteiger partial charge in [0.1, 0.15) is 5.75 Å². The fourth-order valence-corrected chi connectivity index (χ4v) is 2.63. The minimum absolute atomic E-state index is 0.183. The normalized spacial score (nSPS) is 13.4. The molecule has 3 heteroatoms. The number of hydrogen-bond acceptors (Lipinski definition) is 2. The molecule has 0 heterocycles. The lowest BCUT2D eigenvalue weighted by Gasteiger charge is -2.35. The SMILES string of the molecule is CCNC(c1cc(Br)ccc1OCC)C(C)(C)CC. The second kappa shape index (κ2) is 7.30. The Bertz CT molecular complexity index is 404. The van der Waals surface area contributed by atoms with Crippen LogP contribution in [-0.4, -0.2) is 13.2 Å². The molecule has 0 aliphatic rings. The van der Waals surface area contributed by atoms with Crippen LogP contribution in [0.4, 0.5) is 0 Å². The van der Waals surface area contributed by atoms with Crippen LogP contribution in [-0.2, 0) is 0 Å². The van der Waals surface area contributed by atoms with Crippen molar-refractivity contribution in [3.05, 3.63) is 28.2 Å². The smallest absolute Gasteiger partial charge is 0.124 e. The zero-order valence-electron chi connectivity index (χ0n) is 12.7. The third-order valence-corrected chi connectivity index (χ3v) is 4.18. The van der Waals surface area contributed by atoms with Crippen LogP contribution in [0.2, 0.25) is 0 Å². The molecule has 0 aliphatic heterocycles. The van der Waals surface area contributed by atoms with Crippen LogP contribution in [0.5, 0.6) is 5.75 Å². The van der Waals surface area contributed by atoms with Crippen molar-refractivity contribution >= 4 is 15.9 Å². The molecule has 1 aromatic rings. The van der Waals surface area contributed by atoms with Gasteiger partial charge in [-0.2, -0.15) is 0 Å². The summed E-state index contributed by atoms with van der Waals surface area (Å²) in [6.07, 6.45) is 1.11. The van der Waals surface area contributed by atoms with E-state index in [1.807, 2.05) is 13.0 Å². The van der Waals surface area contributed by atoms with Crippen LogP contribution >= 0.6 is 15.9 Å². The molecule has 1 atom stereocenters. The van der Waals surface area contributed by atoms with Gasteiger partial charge < -0.3 is 10.1 Å². The second-order valence-electron chi connectivity index (χ2n) is 5.45. The lowest BCUT2D eigenvalue weighted by atomic mass is 9.78. The summed E-state index contributed by atoms with van der Waals surface area (Å²) >= 11 is 3.57. The predicted octanol–water partition coefficient (Wildman–Crippen LogP) is 4.93. The Morgan fingerprint density at radius 1 is 1.26 bits per heavy atom. The van der Waals surface area contributed by atoms with Crippen molar-refractivity contribution in [2.75, 3.05) is 13.2 Å². The lowest BCUT2D eigenvalue weighted by Crippen LogP contribution is -2.34. The van der Waals surface area contributed by atoms with Gasteiger partial charge in [0.05, 0.1) is 6.61 Å². The van der Waals surface area contributed by atoms with E-state index in [4.69, 9.17) is 4.74 Å². The molecule has 19 heavy (non-hydrogen) atoms. The molecular weight excluding hydrogens is 302 g/mol. The second-order valence-corrected chi connectivity index (χ2v) is 6.36. The van der Waals surface area contributed by atoms with E-state index in [9.17, 15) is 0 Å². The Morgan fingerprint density at radius 3 is 2.47 bits per heavy atom. The Hall–Kier alpha value is -0.540. The van der Waals surface area contributed by atoms with Crippen molar-refractivity contribution in [3.8, 4) is 5.75 Å². The first kappa shape index (κ1) is 16.5. The highest BCUT2D eigenvalue weighted by Crippen LogP contribution is 2.41. The largest absolute Gasteiger partial charge is 0.494 e. The number of nitrogens with one attached hydrogen (secondary N) is 1. The quantitative estimate of drug-likeness (QED) is 0.766. The van der Waals surface area contributed by atoms with Crippen molar-refractivity contribution in [2.45, 2.75) is 47.1 Å². The molecule has 1 unspecified atom stereocenters. The average molecular weight is 328 g/mol. The highest BCUT2D eigenvalue weighted by molar-refractivity contribution is 9.10. The van der Waals surface area contributed by atoms with E-state index in [0.717, 1.165) is 23.2 Å². The van der Waals surface area contributed by atoms with Crippen molar-refractivity contribution < 1.29 is 4.74 Å². The van der Waals surface area contributed by atoms with Crippen LogP contribution in [0, 0.1) is 5.41 Å². The summed E-state index contributed by atoms with van der Waals surface area (Å²) in [5.74, 6) is 0.984. The summed E-state index contributed by atoms with van der Waals surface area (Å²) in [7, 11) is 0. The standard InChI is InChI=1S/C16H26BrNO/c1-6-16(4,5)15(18-7-2)13-11-12(17)9-10-14(13)19-8-3/h9-11,15,18H,6-8H2,1-5H3. The summed E-state index contributed by atoms with van der Waals surface area (Å²) < 4.78 is 6.90. The summed E-state index contributed by atoms with van der Waals surface area (Å²) in [6.45, 7) is 12.7. The summed E-state index contributed by atoms with van der Waals surface area (Å²) in [4.78, 5) is 0. The predicted molar refractivity (Wildman–Crippen MR) is 85.8 cm³/mol. The Kier molecular flexibility index (Phi) is 6.34. The van der Waals surface area contributed by atoms with Gasteiger partial charge in [-0.05, 0) is 43.5 Å². The number of benzene rings is 1. The monoisotopic (exact) mass is 327 g/mol. The molecule has 2 nitrogen and oxygen atoms in total. The molecule has 0 spiro atoms. The topological polar surface area (TPSA) is 21.3 Å². The lowest BCUT2D eigenvalue weighted by molar-refractivity contribution is 0.228. The fourth-order valence-electron chi connectivity index (χ4n) is 2.25. The molecule has 0 fully saturated rings. The zero-order valence-corrected chi connectivity index (χ0v) is 14.3. The molecule has 0 saturated heterocycles. The third kappa shape index (κ3) is 4.22. The van der Waals surface area contributed by atoms with E-state index in [1.165, 1.54) is 5.56 Å². The first-order valence-electron chi connectivity index (χ1n) is 7.11. The molecule has 0 radical (unpaired) electrons. The first-order valence-corrected chi connectivity index (χ1v) is 7.91. The molecule has 108 valence electrons. The van der Waals surface area contributed by atoms with E-state index in [1.54, 1.807) is 0 Å². The molecule has 0 aliphatic carbocycles. The summed E-state index contributed by atoms with van der Waals surface area (Å²) in [5.41, 5.74) is 1.42. The summed E-state index contributed by atoms with van der Waals surface area (Å²) in [5, 5.41) is 3.62. The van der Waals surface area contributed by atoms with E-state index < -0.39 is 0 Å². The van der Waals surface area contributed by atoms with E-state index in [2.05, 4.69) is 61.1 Å². The van der Waals surface area contributed by atoms with Crippen molar-refractivity contribution in [2.24, 2.45) is 5.41 Å². The third-order valence-electron chi connectivity index (χ3n) is 3.68. The van der Waals surface area contributed by atoms with Gasteiger partial charge in [-0.3, -0.25) is 0 Å². The van der Waals surface area contributed by atoms with Gasteiger partial charge in [-0.15, -0.1) is 0 Å². The fraction of sp³-hybridized carbons (Fsp3) is 0.625. The summed E-state index contributed by atoms with van der Waals surface area (Å²) in [6, 6.07) is 6.56. The molecule has 0 saturated carbocycles. The van der Waals surface area contributed by atoms with Gasteiger partial charge in [0.25, 0.3) is 0 Å². The van der Waals surface area contributed by atoms with Crippen molar-refractivity contribution in [1.82, 2.24) is 5.32 Å². The molecule has 0 bridgehead atoms. The van der Waals surface area contributed by atoms with E-state index >= 15 is 0 Å². The molecule has 0 aromatic heterocycles. The maximum absolute atomic E-state index is 5.80. The number of halogens is 1. The van der Waals surface area contributed by atoms with Gasteiger partial charge in [-0.25, -0.2) is 0 Å². The van der Waals surface area contributed by atoms with Gasteiger partial charge >= 0.3 is 0 Å². The first-order chi connectivity index (χ1) is 8.96. The van der Waals surface area contributed by atoms with Crippen LogP contribution < -0.4 is 10.1 Å². The molecule has 0 amide bonds. The molecule has 1 N–H and O–H groups in total. The van der Waals surface area contributed by atoms with E-state index in [0.29, 0.717) is 12.6 Å². The van der Waals surface area contributed by atoms with Crippen molar-refractivity contribution in [3.63, 3.8) is 0 Å².